The molecule has 11 heteroatoms. The van der Waals surface area contributed by atoms with Crippen LogP contribution in [0.5, 0.6) is 0 Å². The average Bonchev–Trinajstić information content (AvgIpc) is 3.06. The third-order valence-electron chi connectivity index (χ3n) is 3.59. The number of non-ortho nitro benzene ring substituents is 1. The lowest BCUT2D eigenvalue weighted by molar-refractivity contribution is -0.384. The Morgan fingerprint density at radius 1 is 1.07 bits per heavy atom. The predicted octanol–water partition coefficient (Wildman–Crippen LogP) is 3.70. The van der Waals surface area contributed by atoms with Crippen molar-refractivity contribution >= 4 is 11.5 Å². The molecule has 0 atom stereocenters. The van der Waals surface area contributed by atoms with E-state index in [0.717, 1.165) is 36.4 Å². The van der Waals surface area contributed by atoms with Crippen LogP contribution in [0.1, 0.15) is 16.1 Å². The van der Waals surface area contributed by atoms with Crippen LogP contribution in [0.25, 0.3) is 11.3 Å². The van der Waals surface area contributed by atoms with Crippen LogP contribution in [-0.2, 0) is 6.30 Å². The summed E-state index contributed by atoms with van der Waals surface area (Å²) < 4.78 is 53.3. The molecule has 0 aliphatic rings. The fourth-order valence-electron chi connectivity index (χ4n) is 2.38. The van der Waals surface area contributed by atoms with Crippen molar-refractivity contribution in [2.75, 3.05) is 0 Å². The summed E-state index contributed by atoms with van der Waals surface area (Å²) in [5.74, 6) is -1.98. The van der Waals surface area contributed by atoms with Crippen molar-refractivity contribution in [1.29, 1.82) is 0 Å². The van der Waals surface area contributed by atoms with Gasteiger partial charge in [0.05, 0.1) is 4.92 Å². The van der Waals surface area contributed by atoms with E-state index in [1.165, 1.54) is 12.1 Å². The number of halogens is 4. The monoisotopic (exact) mass is 380 g/mol. The largest absolute Gasteiger partial charge is 0.506 e. The zero-order chi connectivity index (χ0) is 19.8. The standard InChI is InChI=1S/C16H8F4N4O3/c17-12-4-2-1-3-11(12)14-13(21-22-23(14)16(18,19)20)15(25)9-5-7-10(8-6-9)24(26)27/h1-8H. The molecule has 27 heavy (non-hydrogen) atoms. The number of ketones is 1. The maximum absolute atomic E-state index is 14.1. The molecule has 1 heterocycles. The summed E-state index contributed by atoms with van der Waals surface area (Å²) in [6.07, 6.45) is -5.04. The van der Waals surface area contributed by atoms with Crippen LogP contribution >= 0.6 is 0 Å². The van der Waals surface area contributed by atoms with Crippen LogP contribution in [0, 0.1) is 15.9 Å². The molecule has 3 rings (SSSR count). The molecule has 0 unspecified atom stereocenters. The Morgan fingerprint density at radius 3 is 2.26 bits per heavy atom. The average molecular weight is 380 g/mol. The number of alkyl halides is 3. The Hall–Kier alpha value is -3.63. The number of carbonyl (C=O) groups excluding carboxylic acids is 1. The second-order valence-electron chi connectivity index (χ2n) is 5.28. The van der Waals surface area contributed by atoms with Crippen molar-refractivity contribution in [1.82, 2.24) is 15.0 Å². The molecule has 2 aromatic carbocycles. The van der Waals surface area contributed by atoms with Gasteiger partial charge in [-0.2, -0.15) is 0 Å². The SMILES string of the molecule is O=C(c1ccc([N+](=O)[O-])cc1)c1nnn(C(F)(F)F)c1-c1ccccc1F. The van der Waals surface area contributed by atoms with E-state index in [9.17, 15) is 32.5 Å². The molecule has 0 radical (unpaired) electrons. The van der Waals surface area contributed by atoms with Crippen molar-refractivity contribution < 1.29 is 27.3 Å². The van der Waals surface area contributed by atoms with Gasteiger partial charge in [0.1, 0.15) is 11.5 Å². The summed E-state index contributed by atoms with van der Waals surface area (Å²) in [7, 11) is 0. The number of nitro groups is 1. The smallest absolute Gasteiger partial charge is 0.287 e. The topological polar surface area (TPSA) is 90.9 Å². The minimum absolute atomic E-state index is 0.160. The van der Waals surface area contributed by atoms with Crippen LogP contribution in [0.2, 0.25) is 0 Å². The highest BCUT2D eigenvalue weighted by molar-refractivity contribution is 6.11. The molecule has 0 saturated carbocycles. The maximum atomic E-state index is 14.1. The highest BCUT2D eigenvalue weighted by Gasteiger charge is 2.39. The van der Waals surface area contributed by atoms with E-state index in [0.29, 0.717) is 0 Å². The third-order valence-corrected chi connectivity index (χ3v) is 3.59. The molecule has 1 aromatic heterocycles. The number of hydrogen-bond acceptors (Lipinski definition) is 5. The summed E-state index contributed by atoms with van der Waals surface area (Å²) in [6.45, 7) is 0. The van der Waals surface area contributed by atoms with Crippen molar-refractivity contribution in [3.63, 3.8) is 0 Å². The van der Waals surface area contributed by atoms with Crippen LogP contribution in [0.15, 0.2) is 48.5 Å². The van der Waals surface area contributed by atoms with E-state index in [2.05, 4.69) is 10.3 Å². The Bertz CT molecular complexity index is 1030. The van der Waals surface area contributed by atoms with Gasteiger partial charge in [-0.05, 0) is 24.3 Å². The Kier molecular flexibility index (Phi) is 4.44. The lowest BCUT2D eigenvalue weighted by Gasteiger charge is -2.11. The van der Waals surface area contributed by atoms with Gasteiger partial charge >= 0.3 is 6.30 Å². The molecule has 0 bridgehead atoms. The molecular formula is C16H8F4N4O3. The molecule has 0 fully saturated rings. The van der Waals surface area contributed by atoms with Gasteiger partial charge < -0.3 is 0 Å². The molecular weight excluding hydrogens is 372 g/mol. The number of nitrogens with zero attached hydrogens (tertiary/aromatic N) is 4. The van der Waals surface area contributed by atoms with E-state index in [1.54, 1.807) is 0 Å². The zero-order valence-electron chi connectivity index (χ0n) is 13.1. The van der Waals surface area contributed by atoms with Crippen LogP contribution in [-0.4, -0.2) is 25.7 Å². The van der Waals surface area contributed by atoms with Crippen molar-refractivity contribution in [2.24, 2.45) is 0 Å². The summed E-state index contributed by atoms with van der Waals surface area (Å²) in [5, 5.41) is 16.9. The first-order valence-corrected chi connectivity index (χ1v) is 7.27. The minimum atomic E-state index is -5.04. The molecule has 0 aliphatic carbocycles. The first-order chi connectivity index (χ1) is 12.7. The van der Waals surface area contributed by atoms with E-state index in [4.69, 9.17) is 0 Å². The molecule has 7 nitrogen and oxygen atoms in total. The second-order valence-corrected chi connectivity index (χ2v) is 5.28. The molecule has 0 aliphatic heterocycles. The fourth-order valence-corrected chi connectivity index (χ4v) is 2.38. The van der Waals surface area contributed by atoms with Crippen molar-refractivity contribution in [2.45, 2.75) is 6.30 Å². The van der Waals surface area contributed by atoms with Gasteiger partial charge in [-0.1, -0.05) is 17.3 Å². The van der Waals surface area contributed by atoms with E-state index < -0.39 is 44.5 Å². The van der Waals surface area contributed by atoms with Crippen molar-refractivity contribution in [3.05, 3.63) is 75.7 Å². The van der Waals surface area contributed by atoms with Gasteiger partial charge in [-0.15, -0.1) is 23.0 Å². The van der Waals surface area contributed by atoms with Crippen molar-refractivity contribution in [3.8, 4) is 11.3 Å². The minimum Gasteiger partial charge on any atom is -0.287 e. The molecule has 0 amide bonds. The van der Waals surface area contributed by atoms with E-state index in [1.807, 2.05) is 0 Å². The normalized spacial score (nSPS) is 11.4. The molecule has 0 spiro atoms. The molecule has 0 N–H and O–H groups in total. The molecule has 138 valence electrons. The summed E-state index contributed by atoms with van der Waals surface area (Å²) in [6, 6.07) is 8.74. The number of nitro benzene ring substituents is 1. The summed E-state index contributed by atoms with van der Waals surface area (Å²) >= 11 is 0. The van der Waals surface area contributed by atoms with Gasteiger partial charge in [0.2, 0.25) is 5.78 Å². The number of hydrogen-bond donors (Lipinski definition) is 0. The van der Waals surface area contributed by atoms with Gasteiger partial charge in [-0.3, -0.25) is 14.9 Å². The number of carbonyl (C=O) groups is 1. The Morgan fingerprint density at radius 2 is 1.70 bits per heavy atom. The lowest BCUT2D eigenvalue weighted by Crippen LogP contribution is -2.20. The predicted molar refractivity (Wildman–Crippen MR) is 83.2 cm³/mol. The Balaban J connectivity index is 2.16. The summed E-state index contributed by atoms with van der Waals surface area (Å²) in [5.41, 5.74) is -2.56. The van der Waals surface area contributed by atoms with Gasteiger partial charge in [0, 0.05) is 23.3 Å². The number of benzene rings is 2. The highest BCUT2D eigenvalue weighted by atomic mass is 19.4. The molecule has 0 saturated heterocycles. The van der Waals surface area contributed by atoms with Crippen LogP contribution in [0.3, 0.4) is 0 Å². The molecule has 3 aromatic rings. The van der Waals surface area contributed by atoms with Gasteiger partial charge in [-0.25, -0.2) is 4.39 Å². The van der Waals surface area contributed by atoms with Gasteiger partial charge in [0.15, 0.2) is 5.69 Å². The number of rotatable bonds is 4. The lowest BCUT2D eigenvalue weighted by atomic mass is 10.0. The first-order valence-electron chi connectivity index (χ1n) is 7.27. The van der Waals surface area contributed by atoms with Crippen LogP contribution < -0.4 is 0 Å². The van der Waals surface area contributed by atoms with E-state index in [-0.39, 0.29) is 11.3 Å². The third kappa shape index (κ3) is 3.38. The van der Waals surface area contributed by atoms with Crippen LogP contribution in [0.4, 0.5) is 23.2 Å². The quantitative estimate of drug-likeness (QED) is 0.298. The van der Waals surface area contributed by atoms with E-state index >= 15 is 0 Å². The maximum Gasteiger partial charge on any atom is 0.506 e. The summed E-state index contributed by atoms with van der Waals surface area (Å²) in [4.78, 5) is 22.6. The highest BCUT2D eigenvalue weighted by Crippen LogP contribution is 2.33. The zero-order valence-corrected chi connectivity index (χ0v) is 13.1. The first kappa shape index (κ1) is 18.2. The Labute approximate surface area is 148 Å². The number of aromatic nitrogens is 3. The fraction of sp³-hybridized carbons (Fsp3) is 0.0625. The second kappa shape index (κ2) is 6.59. The van der Waals surface area contributed by atoms with Gasteiger partial charge in [0.25, 0.3) is 5.69 Å².